The second kappa shape index (κ2) is 8.02. The van der Waals surface area contributed by atoms with Crippen LogP contribution in [0.25, 0.3) is 0 Å². The van der Waals surface area contributed by atoms with Crippen molar-refractivity contribution in [2.45, 2.75) is 23.5 Å². The van der Waals surface area contributed by atoms with Crippen LogP contribution in [0.3, 0.4) is 0 Å². The van der Waals surface area contributed by atoms with Crippen molar-refractivity contribution in [3.8, 4) is 0 Å². The molecule has 0 amide bonds. The van der Waals surface area contributed by atoms with Gasteiger partial charge in [-0.2, -0.15) is 0 Å². The minimum Gasteiger partial charge on any atom is -0.307 e. The summed E-state index contributed by atoms with van der Waals surface area (Å²) in [5.74, 6) is 0. The van der Waals surface area contributed by atoms with Crippen molar-refractivity contribution in [1.29, 1.82) is 0 Å². The minimum absolute atomic E-state index is 0.153. The van der Waals surface area contributed by atoms with Gasteiger partial charge in [-0.1, -0.05) is 51.8 Å². The molecule has 0 saturated carbocycles. The summed E-state index contributed by atoms with van der Waals surface area (Å²) in [5, 5.41) is 0. The normalized spacial score (nSPS) is 19.2. The van der Waals surface area contributed by atoms with E-state index in [0.717, 1.165) is 0 Å². The number of allylic oxidation sites excluding steroid dienone is 1. The molecule has 2 atom stereocenters. The third kappa shape index (κ3) is 8.64. The van der Waals surface area contributed by atoms with Crippen LogP contribution in [0.5, 0.6) is 0 Å². The highest BCUT2D eigenvalue weighted by molar-refractivity contribution is 9.09. The summed E-state index contributed by atoms with van der Waals surface area (Å²) in [6, 6.07) is 0. The van der Waals surface area contributed by atoms with Gasteiger partial charge in [-0.25, -0.2) is 0 Å². The molecule has 0 radical (unpaired) electrons. The van der Waals surface area contributed by atoms with Crippen LogP contribution in [0, 0.1) is 0 Å². The molecule has 6 heteroatoms. The smallest absolute Gasteiger partial charge is 0.307 e. The predicted molar refractivity (Wildman–Crippen MR) is 71.4 cm³/mol. The fourth-order valence-corrected chi connectivity index (χ4v) is 2.91. The van der Waals surface area contributed by atoms with Crippen LogP contribution < -0.4 is 0 Å². The first-order valence-electron chi connectivity index (χ1n) is 4.67. The fraction of sp³-hybridized carbons (Fsp3) is 0.778. The average molecular weight is 364 g/mol. The van der Waals surface area contributed by atoms with Crippen LogP contribution in [-0.2, 0) is 13.6 Å². The lowest BCUT2D eigenvalue weighted by molar-refractivity contribution is 0.211. The van der Waals surface area contributed by atoms with E-state index < -0.39 is 7.60 Å². The number of hydrogen-bond acceptors (Lipinski definition) is 3. The van der Waals surface area contributed by atoms with Crippen LogP contribution >= 0.6 is 39.5 Å². The minimum atomic E-state index is -3.01. The Hall–Kier alpha value is 0.850. The van der Waals surface area contributed by atoms with Crippen LogP contribution in [-0.4, -0.2) is 29.0 Å². The van der Waals surface area contributed by atoms with Gasteiger partial charge in [0, 0.05) is 9.65 Å². The van der Waals surface area contributed by atoms with Crippen LogP contribution in [0.4, 0.5) is 0 Å². The Morgan fingerprint density at radius 3 is 1.93 bits per heavy atom. The molecule has 3 nitrogen and oxygen atoms in total. The van der Waals surface area contributed by atoms with Gasteiger partial charge in [-0.3, -0.25) is 4.57 Å². The van der Waals surface area contributed by atoms with Gasteiger partial charge in [0.15, 0.2) is 0 Å². The zero-order valence-electron chi connectivity index (χ0n) is 8.99. The van der Waals surface area contributed by atoms with Crippen molar-refractivity contribution in [3.05, 3.63) is 12.7 Å². The molecule has 2 unspecified atom stereocenters. The largest absolute Gasteiger partial charge is 0.334 e. The number of hydrogen-bond donors (Lipinski definition) is 0. The number of halogens is 2. The van der Waals surface area contributed by atoms with Crippen LogP contribution in [0.2, 0.25) is 0 Å². The third-order valence-electron chi connectivity index (χ3n) is 1.35. The first kappa shape index (κ1) is 15.9. The second-order valence-corrected chi connectivity index (χ2v) is 8.46. The van der Waals surface area contributed by atoms with E-state index in [1.807, 2.05) is 13.8 Å². The summed E-state index contributed by atoms with van der Waals surface area (Å²) in [7, 11) is -3.01. The van der Waals surface area contributed by atoms with Gasteiger partial charge in [0.25, 0.3) is 0 Å². The van der Waals surface area contributed by atoms with E-state index in [4.69, 9.17) is 9.05 Å². The lowest BCUT2D eigenvalue weighted by Crippen LogP contribution is -2.09. The quantitative estimate of drug-likeness (QED) is 0.372. The Balaban J connectivity index is 4.18. The zero-order valence-corrected chi connectivity index (χ0v) is 13.1. The van der Waals surface area contributed by atoms with E-state index in [1.165, 1.54) is 0 Å². The van der Waals surface area contributed by atoms with E-state index in [1.54, 1.807) is 6.08 Å². The summed E-state index contributed by atoms with van der Waals surface area (Å²) < 4.78 is 22.6. The molecule has 0 aliphatic heterocycles. The maximum absolute atomic E-state index is 12.1. The maximum Gasteiger partial charge on any atom is 0.334 e. The number of alkyl halides is 2. The molecule has 0 aromatic heterocycles. The summed E-state index contributed by atoms with van der Waals surface area (Å²) in [4.78, 5) is 0.307. The van der Waals surface area contributed by atoms with E-state index in [9.17, 15) is 4.57 Å². The highest BCUT2D eigenvalue weighted by Crippen LogP contribution is 2.48. The van der Waals surface area contributed by atoms with Gasteiger partial charge in [0.1, 0.15) is 0 Å². The van der Waals surface area contributed by atoms with Gasteiger partial charge in [0.2, 0.25) is 0 Å². The van der Waals surface area contributed by atoms with Crippen molar-refractivity contribution < 1.29 is 13.6 Å². The Bertz CT molecular complexity index is 215. The van der Waals surface area contributed by atoms with Gasteiger partial charge in [-0.05, 0) is 0 Å². The Morgan fingerprint density at radius 1 is 1.27 bits per heavy atom. The van der Waals surface area contributed by atoms with Gasteiger partial charge in [0.05, 0.1) is 19.4 Å². The summed E-state index contributed by atoms with van der Waals surface area (Å²) >= 11 is 6.64. The Kier molecular flexibility index (Phi) is 8.47. The van der Waals surface area contributed by atoms with E-state index in [0.29, 0.717) is 13.2 Å². The van der Waals surface area contributed by atoms with Crippen molar-refractivity contribution in [3.63, 3.8) is 0 Å². The molecule has 0 heterocycles. The maximum atomic E-state index is 12.1. The molecule has 0 spiro atoms. The molecule has 90 valence electrons. The highest BCUT2D eigenvalue weighted by Gasteiger charge is 2.23. The molecule has 0 aliphatic carbocycles. The molecular formula is C9H17Br2O3P. The lowest BCUT2D eigenvalue weighted by Gasteiger charge is -2.18. The third-order valence-corrected chi connectivity index (χ3v) is 3.67. The molecule has 0 aromatic rings. The molecule has 0 rings (SSSR count). The highest BCUT2D eigenvalue weighted by atomic mass is 79.9. The summed E-state index contributed by atoms with van der Waals surface area (Å²) in [6.07, 6.45) is 1.80. The number of rotatable bonds is 8. The molecule has 0 N–H and O–H groups in total. The van der Waals surface area contributed by atoms with E-state index in [2.05, 4.69) is 38.4 Å². The monoisotopic (exact) mass is 362 g/mol. The predicted octanol–water partition coefficient (Wildman–Crippen LogP) is 3.97. The molecular weight excluding hydrogens is 347 g/mol. The van der Waals surface area contributed by atoms with Crippen LogP contribution in [0.15, 0.2) is 12.7 Å². The first-order chi connectivity index (χ1) is 6.89. The van der Waals surface area contributed by atoms with E-state index >= 15 is 0 Å². The summed E-state index contributed by atoms with van der Waals surface area (Å²) in [5.41, 5.74) is 0. The molecule has 0 saturated heterocycles. The van der Waals surface area contributed by atoms with Crippen molar-refractivity contribution >= 4 is 39.5 Å². The van der Waals surface area contributed by atoms with E-state index in [-0.39, 0.29) is 15.8 Å². The molecule has 0 bridgehead atoms. The molecule has 15 heavy (non-hydrogen) atoms. The zero-order chi connectivity index (χ0) is 11.9. The Labute approximate surface area is 108 Å². The Morgan fingerprint density at radius 2 is 1.67 bits per heavy atom. The summed E-state index contributed by atoms with van der Waals surface area (Å²) in [6.45, 7) is 8.11. The topological polar surface area (TPSA) is 35.5 Å². The SMILES string of the molecule is C=CCP(=O)(OCC(C)Br)OCC(C)Br. The average Bonchev–Trinajstić information content (AvgIpc) is 2.13. The molecule has 0 fully saturated rings. The van der Waals surface area contributed by atoms with Gasteiger partial charge in [-0.15, -0.1) is 6.58 Å². The second-order valence-electron chi connectivity index (χ2n) is 3.24. The fourth-order valence-electron chi connectivity index (χ4n) is 0.733. The van der Waals surface area contributed by atoms with Crippen LogP contribution in [0.1, 0.15) is 13.8 Å². The standard InChI is InChI=1S/C9H17Br2O3P/c1-4-5-15(12,13-6-8(2)10)14-7-9(3)11/h4,8-9H,1,5-7H2,2-3H3. The van der Waals surface area contributed by atoms with Crippen molar-refractivity contribution in [1.82, 2.24) is 0 Å². The first-order valence-corrected chi connectivity index (χ1v) is 8.22. The molecule has 0 aromatic carbocycles. The van der Waals surface area contributed by atoms with Crippen molar-refractivity contribution in [2.24, 2.45) is 0 Å². The van der Waals surface area contributed by atoms with Gasteiger partial charge >= 0.3 is 7.60 Å². The lowest BCUT2D eigenvalue weighted by atomic mass is 10.5. The van der Waals surface area contributed by atoms with Gasteiger partial charge < -0.3 is 9.05 Å². The molecule has 0 aliphatic rings. The van der Waals surface area contributed by atoms with Crippen molar-refractivity contribution in [2.75, 3.05) is 19.4 Å².